The molecular weight excluding hydrogens is 327 g/mol. The molecule has 1 aromatic carbocycles. The fourth-order valence-electron chi connectivity index (χ4n) is 3.30. The molecule has 1 aromatic rings. The van der Waals surface area contributed by atoms with Gasteiger partial charge in [0.25, 0.3) is 0 Å². The molecule has 0 bridgehead atoms. The summed E-state index contributed by atoms with van der Waals surface area (Å²) in [5.74, 6) is -0.0305. The first-order valence-electron chi connectivity index (χ1n) is 8.59. The van der Waals surface area contributed by atoms with E-state index < -0.39 is 6.04 Å². The summed E-state index contributed by atoms with van der Waals surface area (Å²) in [6, 6.07) is 6.26. The Hall–Kier alpha value is -1.56. The summed E-state index contributed by atoms with van der Waals surface area (Å²) in [5, 5.41) is 5.51. The topological polar surface area (TPSA) is 58.2 Å². The van der Waals surface area contributed by atoms with E-state index in [0.717, 1.165) is 25.7 Å². The van der Waals surface area contributed by atoms with Crippen LogP contribution in [0.5, 0.6) is 0 Å². The van der Waals surface area contributed by atoms with Gasteiger partial charge in [-0.1, -0.05) is 37.5 Å². The molecule has 1 saturated heterocycles. The van der Waals surface area contributed by atoms with Crippen molar-refractivity contribution in [2.24, 2.45) is 0 Å². The van der Waals surface area contributed by atoms with Crippen molar-refractivity contribution in [3.05, 3.63) is 35.6 Å². The summed E-state index contributed by atoms with van der Waals surface area (Å²) in [7, 11) is 0. The lowest BCUT2D eigenvalue weighted by Crippen LogP contribution is -2.56. The molecule has 0 unspecified atom stereocenters. The van der Waals surface area contributed by atoms with Gasteiger partial charge in [0.05, 0.1) is 5.25 Å². The number of carbonyl (C=O) groups excluding carboxylic acids is 2. The molecule has 1 aliphatic carbocycles. The highest BCUT2D eigenvalue weighted by molar-refractivity contribution is 8.00. The Bertz CT molecular complexity index is 604. The normalized spacial score (nSPS) is 25.1. The van der Waals surface area contributed by atoms with Crippen molar-refractivity contribution < 1.29 is 14.0 Å². The van der Waals surface area contributed by atoms with E-state index in [0.29, 0.717) is 17.7 Å². The van der Waals surface area contributed by atoms with Crippen LogP contribution < -0.4 is 10.6 Å². The Morgan fingerprint density at radius 3 is 2.71 bits per heavy atom. The number of hydrogen-bond acceptors (Lipinski definition) is 3. The molecule has 3 rings (SSSR count). The quantitative estimate of drug-likeness (QED) is 0.877. The molecule has 1 saturated carbocycles. The molecular formula is C18H23FN2O2S. The summed E-state index contributed by atoms with van der Waals surface area (Å²) < 4.78 is 13.7. The molecule has 2 fully saturated rings. The third kappa shape index (κ3) is 4.29. The van der Waals surface area contributed by atoms with Crippen LogP contribution in [0.15, 0.2) is 24.3 Å². The van der Waals surface area contributed by atoms with Crippen LogP contribution in [-0.4, -0.2) is 34.9 Å². The van der Waals surface area contributed by atoms with Gasteiger partial charge < -0.3 is 10.6 Å². The van der Waals surface area contributed by atoms with Crippen LogP contribution >= 0.6 is 11.8 Å². The van der Waals surface area contributed by atoms with Gasteiger partial charge in [-0.3, -0.25) is 9.59 Å². The second-order valence-corrected chi connectivity index (χ2v) is 7.76. The van der Waals surface area contributed by atoms with Crippen molar-refractivity contribution in [3.63, 3.8) is 0 Å². The van der Waals surface area contributed by atoms with Gasteiger partial charge in [-0.25, -0.2) is 4.39 Å². The Morgan fingerprint density at radius 1 is 1.25 bits per heavy atom. The van der Waals surface area contributed by atoms with E-state index in [1.807, 2.05) is 0 Å². The van der Waals surface area contributed by atoms with Crippen LogP contribution in [0.3, 0.4) is 0 Å². The smallest absolute Gasteiger partial charge is 0.243 e. The SMILES string of the molecule is O=C(NC1CCCCC1)[C@H]1CS[C@H](Cc2ccccc2F)C(=O)N1. The molecule has 1 aliphatic heterocycles. The van der Waals surface area contributed by atoms with E-state index in [1.54, 1.807) is 18.2 Å². The van der Waals surface area contributed by atoms with E-state index in [9.17, 15) is 14.0 Å². The van der Waals surface area contributed by atoms with Crippen LogP contribution in [0, 0.1) is 5.82 Å². The Kier molecular flexibility index (Phi) is 5.76. The minimum absolute atomic E-state index is 0.0907. The second-order valence-electron chi connectivity index (χ2n) is 6.52. The molecule has 2 atom stereocenters. The number of rotatable bonds is 4. The van der Waals surface area contributed by atoms with Crippen LogP contribution in [0.2, 0.25) is 0 Å². The van der Waals surface area contributed by atoms with Gasteiger partial charge in [-0.2, -0.15) is 0 Å². The van der Waals surface area contributed by atoms with E-state index >= 15 is 0 Å². The highest BCUT2D eigenvalue weighted by Gasteiger charge is 2.33. The monoisotopic (exact) mass is 350 g/mol. The first-order valence-corrected chi connectivity index (χ1v) is 9.64. The van der Waals surface area contributed by atoms with Gasteiger partial charge in [-0.05, 0) is 30.9 Å². The average Bonchev–Trinajstić information content (AvgIpc) is 2.59. The summed E-state index contributed by atoms with van der Waals surface area (Å²) >= 11 is 1.43. The molecule has 4 nitrogen and oxygen atoms in total. The van der Waals surface area contributed by atoms with Gasteiger partial charge in [0.2, 0.25) is 11.8 Å². The first kappa shape index (κ1) is 17.3. The number of carbonyl (C=O) groups is 2. The zero-order chi connectivity index (χ0) is 16.9. The molecule has 2 N–H and O–H groups in total. The van der Waals surface area contributed by atoms with Gasteiger partial charge in [0.15, 0.2) is 0 Å². The predicted molar refractivity (Wildman–Crippen MR) is 93.3 cm³/mol. The highest BCUT2D eigenvalue weighted by atomic mass is 32.2. The fraction of sp³-hybridized carbons (Fsp3) is 0.556. The predicted octanol–water partition coefficient (Wildman–Crippen LogP) is 2.42. The van der Waals surface area contributed by atoms with Crippen LogP contribution in [0.25, 0.3) is 0 Å². The minimum Gasteiger partial charge on any atom is -0.352 e. The second kappa shape index (κ2) is 8.01. The van der Waals surface area contributed by atoms with Crippen molar-refractivity contribution in [2.75, 3.05) is 5.75 Å². The number of thioether (sulfide) groups is 1. The van der Waals surface area contributed by atoms with Crippen LogP contribution in [0.4, 0.5) is 4.39 Å². The van der Waals surface area contributed by atoms with Crippen molar-refractivity contribution in [1.29, 1.82) is 0 Å². The lowest BCUT2D eigenvalue weighted by Gasteiger charge is -2.30. The highest BCUT2D eigenvalue weighted by Crippen LogP contribution is 2.24. The van der Waals surface area contributed by atoms with Crippen molar-refractivity contribution in [2.45, 2.75) is 55.9 Å². The molecule has 1 heterocycles. The Labute approximate surface area is 146 Å². The molecule has 6 heteroatoms. The third-order valence-electron chi connectivity index (χ3n) is 4.70. The van der Waals surface area contributed by atoms with Gasteiger partial charge in [0, 0.05) is 11.8 Å². The van der Waals surface area contributed by atoms with Gasteiger partial charge in [-0.15, -0.1) is 11.8 Å². The summed E-state index contributed by atoms with van der Waals surface area (Å²) in [6.45, 7) is 0. The fourth-order valence-corrected chi connectivity index (χ4v) is 4.48. The largest absolute Gasteiger partial charge is 0.352 e. The van der Waals surface area contributed by atoms with Gasteiger partial charge >= 0.3 is 0 Å². The Morgan fingerprint density at radius 2 is 2.00 bits per heavy atom. The zero-order valence-electron chi connectivity index (χ0n) is 13.6. The molecule has 24 heavy (non-hydrogen) atoms. The van der Waals surface area contributed by atoms with E-state index in [1.165, 1.54) is 24.2 Å². The summed E-state index contributed by atoms with van der Waals surface area (Å²) in [5.41, 5.74) is 0.537. The summed E-state index contributed by atoms with van der Waals surface area (Å²) in [4.78, 5) is 24.6. The molecule has 2 amide bonds. The lowest BCUT2D eigenvalue weighted by molar-refractivity contribution is -0.129. The Balaban J connectivity index is 1.52. The number of amides is 2. The molecule has 0 aromatic heterocycles. The molecule has 130 valence electrons. The maximum Gasteiger partial charge on any atom is 0.243 e. The number of benzene rings is 1. The van der Waals surface area contributed by atoms with Crippen molar-refractivity contribution in [1.82, 2.24) is 10.6 Å². The van der Waals surface area contributed by atoms with Crippen LogP contribution in [-0.2, 0) is 16.0 Å². The van der Waals surface area contributed by atoms with E-state index in [4.69, 9.17) is 0 Å². The standard InChI is InChI=1S/C18H23FN2O2S/c19-14-9-5-4-6-12(14)10-16-18(23)21-15(11-24-16)17(22)20-13-7-2-1-3-8-13/h4-6,9,13,15-16H,1-3,7-8,10-11H2,(H,20,22)(H,21,23)/t15-,16-/m1/s1. The lowest BCUT2D eigenvalue weighted by atomic mass is 9.95. The zero-order valence-corrected chi connectivity index (χ0v) is 14.4. The molecule has 2 aliphatic rings. The van der Waals surface area contributed by atoms with Crippen molar-refractivity contribution in [3.8, 4) is 0 Å². The van der Waals surface area contributed by atoms with Crippen molar-refractivity contribution >= 4 is 23.6 Å². The van der Waals surface area contributed by atoms with E-state index in [-0.39, 0.29) is 28.9 Å². The molecule has 0 radical (unpaired) electrons. The average molecular weight is 350 g/mol. The maximum absolute atomic E-state index is 13.7. The summed E-state index contributed by atoms with van der Waals surface area (Å²) in [6.07, 6.45) is 5.94. The third-order valence-corrected chi connectivity index (χ3v) is 6.01. The number of halogens is 1. The maximum atomic E-state index is 13.7. The minimum atomic E-state index is -0.485. The molecule has 0 spiro atoms. The van der Waals surface area contributed by atoms with E-state index in [2.05, 4.69) is 10.6 Å². The number of nitrogens with one attached hydrogen (secondary N) is 2. The van der Waals surface area contributed by atoms with Gasteiger partial charge in [0.1, 0.15) is 11.9 Å². The van der Waals surface area contributed by atoms with Crippen LogP contribution in [0.1, 0.15) is 37.7 Å². The first-order chi connectivity index (χ1) is 11.6. The number of hydrogen-bond donors (Lipinski definition) is 2.